The first-order valence-corrected chi connectivity index (χ1v) is 12.2. The van der Waals surface area contributed by atoms with Crippen LogP contribution < -0.4 is 10.0 Å². The standard InChI is InChI=1S/C24H32N2O3S/c1-5-18(4)25-23(27)24(14-15-24)20-8-10-21(11-9-20)26-30(28,29)22-12-6-19(7-13-22)16-17(2)3/h6-13,17-18,26H,5,14-16H2,1-4H3,(H,25,27)/t18-/m1/s1. The zero-order chi connectivity index (χ0) is 21.9. The van der Waals surface area contributed by atoms with Crippen LogP contribution in [-0.4, -0.2) is 20.4 Å². The summed E-state index contributed by atoms with van der Waals surface area (Å²) in [6, 6.07) is 14.3. The quantitative estimate of drug-likeness (QED) is 0.611. The molecule has 1 amide bonds. The summed E-state index contributed by atoms with van der Waals surface area (Å²) in [5.41, 5.74) is 2.08. The molecule has 0 saturated heterocycles. The third kappa shape index (κ3) is 5.04. The molecule has 1 aliphatic carbocycles. The molecule has 1 aliphatic rings. The van der Waals surface area contributed by atoms with Crippen molar-refractivity contribution in [3.63, 3.8) is 0 Å². The normalized spacial score (nSPS) is 16.2. The lowest BCUT2D eigenvalue weighted by atomic mass is 9.94. The number of nitrogens with one attached hydrogen (secondary N) is 2. The van der Waals surface area contributed by atoms with Crippen LogP contribution in [0, 0.1) is 5.92 Å². The van der Waals surface area contributed by atoms with E-state index in [4.69, 9.17) is 0 Å². The number of hydrogen-bond acceptors (Lipinski definition) is 3. The summed E-state index contributed by atoms with van der Waals surface area (Å²) in [6.07, 6.45) is 3.45. The maximum Gasteiger partial charge on any atom is 0.261 e. The average molecular weight is 429 g/mol. The molecule has 2 aromatic carbocycles. The molecule has 162 valence electrons. The SMILES string of the molecule is CC[C@@H](C)NC(=O)C1(c2ccc(NS(=O)(=O)c3ccc(CC(C)C)cc3)cc2)CC1. The van der Waals surface area contributed by atoms with E-state index in [0.29, 0.717) is 11.6 Å². The van der Waals surface area contributed by atoms with Crippen LogP contribution in [0.15, 0.2) is 53.4 Å². The van der Waals surface area contributed by atoms with Gasteiger partial charge in [0, 0.05) is 11.7 Å². The lowest BCUT2D eigenvalue weighted by Crippen LogP contribution is -2.39. The summed E-state index contributed by atoms with van der Waals surface area (Å²) in [5, 5.41) is 3.07. The zero-order valence-corrected chi connectivity index (χ0v) is 19.1. The molecule has 2 N–H and O–H groups in total. The van der Waals surface area contributed by atoms with Gasteiger partial charge in [-0.25, -0.2) is 8.42 Å². The first kappa shape index (κ1) is 22.3. The number of benzene rings is 2. The van der Waals surface area contributed by atoms with Crippen LogP contribution in [-0.2, 0) is 26.7 Å². The first-order chi connectivity index (χ1) is 14.2. The van der Waals surface area contributed by atoms with Gasteiger partial charge in [0.1, 0.15) is 0 Å². The molecular weight excluding hydrogens is 396 g/mol. The van der Waals surface area contributed by atoms with Gasteiger partial charge in [0.05, 0.1) is 10.3 Å². The Kier molecular flexibility index (Phi) is 6.56. The number of rotatable bonds is 9. The Morgan fingerprint density at radius 1 is 1.00 bits per heavy atom. The molecule has 0 heterocycles. The first-order valence-electron chi connectivity index (χ1n) is 10.7. The highest BCUT2D eigenvalue weighted by molar-refractivity contribution is 7.92. The summed E-state index contributed by atoms with van der Waals surface area (Å²) in [5.74, 6) is 0.581. The number of hydrogen-bond donors (Lipinski definition) is 2. The van der Waals surface area contributed by atoms with Gasteiger partial charge in [0.15, 0.2) is 0 Å². The smallest absolute Gasteiger partial charge is 0.261 e. The van der Waals surface area contributed by atoms with Crippen molar-refractivity contribution in [2.45, 2.75) is 69.7 Å². The molecule has 1 atom stereocenters. The molecule has 5 nitrogen and oxygen atoms in total. The van der Waals surface area contributed by atoms with E-state index in [1.165, 1.54) is 0 Å². The lowest BCUT2D eigenvalue weighted by molar-refractivity contribution is -0.124. The topological polar surface area (TPSA) is 75.3 Å². The van der Waals surface area contributed by atoms with E-state index in [1.807, 2.05) is 38.1 Å². The molecule has 2 aromatic rings. The highest BCUT2D eigenvalue weighted by Gasteiger charge is 2.51. The van der Waals surface area contributed by atoms with Gasteiger partial charge in [0.2, 0.25) is 5.91 Å². The Morgan fingerprint density at radius 2 is 1.60 bits per heavy atom. The van der Waals surface area contributed by atoms with Crippen LogP contribution in [0.4, 0.5) is 5.69 Å². The van der Waals surface area contributed by atoms with Crippen LogP contribution in [0.1, 0.15) is 58.1 Å². The minimum Gasteiger partial charge on any atom is -0.353 e. The van der Waals surface area contributed by atoms with Gasteiger partial charge in [0.25, 0.3) is 10.0 Å². The third-order valence-electron chi connectivity index (χ3n) is 5.74. The molecule has 0 spiro atoms. The number of anilines is 1. The molecule has 0 bridgehead atoms. The third-order valence-corrected chi connectivity index (χ3v) is 7.14. The van der Waals surface area contributed by atoms with Gasteiger partial charge < -0.3 is 5.32 Å². The van der Waals surface area contributed by atoms with Crippen LogP contribution in [0.2, 0.25) is 0 Å². The van der Waals surface area contributed by atoms with E-state index in [9.17, 15) is 13.2 Å². The van der Waals surface area contributed by atoms with Gasteiger partial charge in [-0.3, -0.25) is 9.52 Å². The molecule has 30 heavy (non-hydrogen) atoms. The van der Waals surface area contributed by atoms with Gasteiger partial charge >= 0.3 is 0 Å². The van der Waals surface area contributed by atoms with E-state index in [2.05, 4.69) is 23.9 Å². The molecule has 0 radical (unpaired) electrons. The van der Waals surface area contributed by atoms with E-state index in [-0.39, 0.29) is 16.8 Å². The summed E-state index contributed by atoms with van der Waals surface area (Å²) in [6.45, 7) is 8.32. The number of carbonyl (C=O) groups excluding carboxylic acids is 1. The molecule has 0 unspecified atom stereocenters. The molecule has 0 aromatic heterocycles. The van der Waals surface area contributed by atoms with E-state index < -0.39 is 15.4 Å². The second-order valence-corrected chi connectivity index (χ2v) is 10.5. The molecule has 3 rings (SSSR count). The molecule has 6 heteroatoms. The van der Waals surface area contributed by atoms with Crippen molar-refractivity contribution in [1.82, 2.24) is 5.32 Å². The monoisotopic (exact) mass is 428 g/mol. The van der Waals surface area contributed by atoms with Gasteiger partial charge in [-0.1, -0.05) is 45.0 Å². The highest BCUT2D eigenvalue weighted by Crippen LogP contribution is 2.48. The number of carbonyl (C=O) groups is 1. The summed E-state index contributed by atoms with van der Waals surface area (Å²) < 4.78 is 28.1. The maximum absolute atomic E-state index is 12.7. The van der Waals surface area contributed by atoms with Crippen molar-refractivity contribution in [3.8, 4) is 0 Å². The van der Waals surface area contributed by atoms with Crippen LogP contribution in [0.5, 0.6) is 0 Å². The van der Waals surface area contributed by atoms with Crippen molar-refractivity contribution in [2.75, 3.05) is 4.72 Å². The van der Waals surface area contributed by atoms with Gasteiger partial charge in [-0.15, -0.1) is 0 Å². The van der Waals surface area contributed by atoms with Gasteiger partial charge in [-0.05, 0) is 73.9 Å². The Morgan fingerprint density at radius 3 is 2.10 bits per heavy atom. The Balaban J connectivity index is 1.70. The average Bonchev–Trinajstić information content (AvgIpc) is 3.50. The van der Waals surface area contributed by atoms with E-state index in [1.54, 1.807) is 24.3 Å². The predicted molar refractivity (Wildman–Crippen MR) is 121 cm³/mol. The van der Waals surface area contributed by atoms with Crippen LogP contribution in [0.25, 0.3) is 0 Å². The number of sulfonamides is 1. The van der Waals surface area contributed by atoms with Crippen molar-refractivity contribution in [3.05, 3.63) is 59.7 Å². The minimum atomic E-state index is -3.66. The second kappa shape index (κ2) is 8.80. The van der Waals surface area contributed by atoms with Crippen molar-refractivity contribution >= 4 is 21.6 Å². The zero-order valence-electron chi connectivity index (χ0n) is 18.2. The van der Waals surface area contributed by atoms with Crippen molar-refractivity contribution in [2.24, 2.45) is 5.92 Å². The summed E-state index contributed by atoms with van der Waals surface area (Å²) in [4.78, 5) is 12.9. The van der Waals surface area contributed by atoms with Crippen LogP contribution in [0.3, 0.4) is 0 Å². The van der Waals surface area contributed by atoms with E-state index >= 15 is 0 Å². The van der Waals surface area contributed by atoms with Crippen molar-refractivity contribution < 1.29 is 13.2 Å². The Bertz CT molecular complexity index is 976. The fourth-order valence-corrected chi connectivity index (χ4v) is 4.64. The maximum atomic E-state index is 12.7. The molecule has 0 aliphatic heterocycles. The fourth-order valence-electron chi connectivity index (χ4n) is 3.58. The molecule has 1 saturated carbocycles. The predicted octanol–water partition coefficient (Wildman–Crippen LogP) is 4.63. The Hall–Kier alpha value is -2.34. The largest absolute Gasteiger partial charge is 0.353 e. The Labute approximate surface area is 180 Å². The summed E-state index contributed by atoms with van der Waals surface area (Å²) >= 11 is 0. The van der Waals surface area contributed by atoms with Crippen LogP contribution >= 0.6 is 0 Å². The summed E-state index contributed by atoms with van der Waals surface area (Å²) in [7, 11) is -3.66. The van der Waals surface area contributed by atoms with E-state index in [0.717, 1.165) is 36.8 Å². The fraction of sp³-hybridized carbons (Fsp3) is 0.458. The lowest BCUT2D eigenvalue weighted by Gasteiger charge is -2.19. The second-order valence-electron chi connectivity index (χ2n) is 8.79. The van der Waals surface area contributed by atoms with Crippen molar-refractivity contribution in [1.29, 1.82) is 0 Å². The molecule has 1 fully saturated rings. The van der Waals surface area contributed by atoms with Gasteiger partial charge in [-0.2, -0.15) is 0 Å². The molecular formula is C24H32N2O3S. The number of amides is 1. The highest BCUT2D eigenvalue weighted by atomic mass is 32.2. The minimum absolute atomic E-state index is 0.0617.